The van der Waals surface area contributed by atoms with Crippen LogP contribution in [0.5, 0.6) is 0 Å². The molecule has 1 saturated carbocycles. The third-order valence-corrected chi connectivity index (χ3v) is 3.39. The van der Waals surface area contributed by atoms with Crippen LogP contribution < -0.4 is 5.32 Å². The second-order valence-electron chi connectivity index (χ2n) is 4.87. The number of carbonyl (C=O) groups is 1. The minimum Gasteiger partial charge on any atom is -0.376 e. The fourth-order valence-electron chi connectivity index (χ4n) is 2.03. The Labute approximate surface area is 104 Å². The Morgan fingerprint density at radius 1 is 1.53 bits per heavy atom. The molecule has 1 aliphatic carbocycles. The predicted octanol–water partition coefficient (Wildman–Crippen LogP) is 2.16. The van der Waals surface area contributed by atoms with Gasteiger partial charge in [-0.15, -0.1) is 0 Å². The summed E-state index contributed by atoms with van der Waals surface area (Å²) in [6.45, 7) is 9.64. The molecule has 17 heavy (non-hydrogen) atoms. The highest BCUT2D eigenvalue weighted by molar-refractivity contribution is 5.74. The van der Waals surface area contributed by atoms with E-state index in [0.717, 1.165) is 18.4 Å². The number of rotatable bonds is 6. The average Bonchev–Trinajstić information content (AvgIpc) is 2.24. The van der Waals surface area contributed by atoms with E-state index in [1.54, 1.807) is 12.0 Å². The summed E-state index contributed by atoms with van der Waals surface area (Å²) in [6, 6.07) is -0.0289. The number of likely N-dealkylation sites (N-methyl/N-ethyl adjacent to an activating group) is 1. The molecule has 0 saturated heterocycles. The molecule has 1 rings (SSSR count). The molecule has 0 aromatic carbocycles. The lowest BCUT2D eigenvalue weighted by atomic mass is 9.80. The molecule has 0 radical (unpaired) electrons. The molecule has 0 unspecified atom stereocenters. The van der Waals surface area contributed by atoms with Crippen molar-refractivity contribution in [2.45, 2.75) is 38.7 Å². The third-order valence-electron chi connectivity index (χ3n) is 3.39. The Balaban J connectivity index is 2.39. The van der Waals surface area contributed by atoms with E-state index in [-0.39, 0.29) is 11.6 Å². The van der Waals surface area contributed by atoms with Gasteiger partial charge in [0.25, 0.3) is 0 Å². The van der Waals surface area contributed by atoms with Crippen molar-refractivity contribution in [1.29, 1.82) is 0 Å². The molecule has 0 aromatic heterocycles. The highest BCUT2D eigenvalue weighted by Gasteiger charge is 2.37. The Morgan fingerprint density at radius 3 is 2.53 bits per heavy atom. The number of hydrogen-bond acceptors (Lipinski definition) is 2. The van der Waals surface area contributed by atoms with Gasteiger partial charge < -0.3 is 15.0 Å². The summed E-state index contributed by atoms with van der Waals surface area (Å²) in [5.41, 5.74) is 0.880. The highest BCUT2D eigenvalue weighted by Crippen LogP contribution is 2.34. The van der Waals surface area contributed by atoms with Gasteiger partial charge >= 0.3 is 6.03 Å². The summed E-state index contributed by atoms with van der Waals surface area (Å²) < 4.78 is 5.47. The molecule has 0 aromatic rings. The van der Waals surface area contributed by atoms with E-state index in [4.69, 9.17) is 4.74 Å². The van der Waals surface area contributed by atoms with Gasteiger partial charge in [-0.05, 0) is 33.1 Å². The van der Waals surface area contributed by atoms with Crippen molar-refractivity contribution in [3.05, 3.63) is 12.2 Å². The van der Waals surface area contributed by atoms with Crippen molar-refractivity contribution < 1.29 is 9.53 Å². The second-order valence-corrected chi connectivity index (χ2v) is 4.87. The highest BCUT2D eigenvalue weighted by atomic mass is 16.5. The molecule has 0 bridgehead atoms. The fraction of sp³-hybridized carbons (Fsp3) is 0.769. The molecule has 0 heterocycles. The van der Waals surface area contributed by atoms with Crippen molar-refractivity contribution >= 4 is 6.03 Å². The SMILES string of the molecule is C=C(C)CN(CC)C(=O)NCC1(OC)CCC1. The number of amides is 2. The Kier molecular flexibility index (Phi) is 5.00. The smallest absolute Gasteiger partial charge is 0.317 e. The maximum absolute atomic E-state index is 11.9. The van der Waals surface area contributed by atoms with Crippen LogP contribution in [0.3, 0.4) is 0 Å². The van der Waals surface area contributed by atoms with E-state index in [9.17, 15) is 4.79 Å². The first-order chi connectivity index (χ1) is 8.03. The van der Waals surface area contributed by atoms with Gasteiger partial charge in [0.15, 0.2) is 0 Å². The zero-order valence-electron chi connectivity index (χ0n) is 11.2. The van der Waals surface area contributed by atoms with E-state index in [2.05, 4.69) is 11.9 Å². The topological polar surface area (TPSA) is 41.6 Å². The number of carbonyl (C=O) groups excluding carboxylic acids is 1. The van der Waals surface area contributed by atoms with Crippen LogP contribution in [-0.4, -0.2) is 43.3 Å². The zero-order valence-corrected chi connectivity index (χ0v) is 11.2. The number of nitrogens with zero attached hydrogens (tertiary/aromatic N) is 1. The molecular formula is C13H24N2O2. The van der Waals surface area contributed by atoms with E-state index in [0.29, 0.717) is 19.6 Å². The second kappa shape index (κ2) is 6.05. The van der Waals surface area contributed by atoms with Gasteiger partial charge in [-0.2, -0.15) is 0 Å². The zero-order chi connectivity index (χ0) is 12.9. The maximum Gasteiger partial charge on any atom is 0.317 e. The average molecular weight is 240 g/mol. The van der Waals surface area contributed by atoms with Crippen molar-refractivity contribution in [1.82, 2.24) is 10.2 Å². The van der Waals surface area contributed by atoms with Gasteiger partial charge in [0.1, 0.15) is 0 Å². The van der Waals surface area contributed by atoms with Crippen LogP contribution in [0.15, 0.2) is 12.2 Å². The molecule has 0 atom stereocenters. The molecule has 98 valence electrons. The van der Waals surface area contributed by atoms with Crippen LogP contribution in [0.1, 0.15) is 33.1 Å². The summed E-state index contributed by atoms with van der Waals surface area (Å²) >= 11 is 0. The first-order valence-electron chi connectivity index (χ1n) is 6.25. The molecule has 0 aliphatic heterocycles. The third kappa shape index (κ3) is 3.73. The monoisotopic (exact) mass is 240 g/mol. The van der Waals surface area contributed by atoms with Crippen LogP contribution in [0, 0.1) is 0 Å². The lowest BCUT2D eigenvalue weighted by Gasteiger charge is -2.40. The lowest BCUT2D eigenvalue weighted by Crippen LogP contribution is -2.52. The summed E-state index contributed by atoms with van der Waals surface area (Å²) in [4.78, 5) is 13.7. The van der Waals surface area contributed by atoms with Crippen molar-refractivity contribution in [3.63, 3.8) is 0 Å². The summed E-state index contributed by atoms with van der Waals surface area (Å²) in [6.07, 6.45) is 3.26. The predicted molar refractivity (Wildman–Crippen MR) is 69.1 cm³/mol. The van der Waals surface area contributed by atoms with Crippen LogP contribution in [0.2, 0.25) is 0 Å². The summed E-state index contributed by atoms with van der Waals surface area (Å²) in [7, 11) is 1.72. The van der Waals surface area contributed by atoms with Crippen LogP contribution in [0.4, 0.5) is 4.79 Å². The molecule has 1 fully saturated rings. The largest absolute Gasteiger partial charge is 0.376 e. The van der Waals surface area contributed by atoms with Gasteiger partial charge in [-0.25, -0.2) is 4.79 Å². The summed E-state index contributed by atoms with van der Waals surface area (Å²) in [5, 5.41) is 2.95. The lowest BCUT2D eigenvalue weighted by molar-refractivity contribution is -0.0678. The Bertz CT molecular complexity index is 280. The number of hydrogen-bond donors (Lipinski definition) is 1. The van der Waals surface area contributed by atoms with E-state index in [1.165, 1.54) is 6.42 Å². The van der Waals surface area contributed by atoms with Crippen molar-refractivity contribution in [2.75, 3.05) is 26.7 Å². The number of nitrogens with one attached hydrogen (secondary N) is 1. The quantitative estimate of drug-likeness (QED) is 0.723. The Morgan fingerprint density at radius 2 is 2.18 bits per heavy atom. The maximum atomic E-state index is 11.9. The van der Waals surface area contributed by atoms with Gasteiger partial charge in [0.05, 0.1) is 5.60 Å². The van der Waals surface area contributed by atoms with E-state index in [1.807, 2.05) is 13.8 Å². The first-order valence-corrected chi connectivity index (χ1v) is 6.25. The van der Waals surface area contributed by atoms with Crippen LogP contribution >= 0.6 is 0 Å². The van der Waals surface area contributed by atoms with Gasteiger partial charge in [-0.3, -0.25) is 0 Å². The standard InChI is InChI=1S/C13H24N2O2/c1-5-15(9-11(2)3)12(16)14-10-13(17-4)7-6-8-13/h2,5-10H2,1,3-4H3,(H,14,16). The normalized spacial score (nSPS) is 17.1. The molecule has 4 heteroatoms. The molecule has 1 N–H and O–H groups in total. The van der Waals surface area contributed by atoms with Gasteiger partial charge in [0, 0.05) is 26.7 Å². The number of methoxy groups -OCH3 is 1. The molecule has 2 amide bonds. The minimum absolute atomic E-state index is 0.0289. The van der Waals surface area contributed by atoms with E-state index >= 15 is 0 Å². The molecule has 4 nitrogen and oxygen atoms in total. The van der Waals surface area contributed by atoms with Crippen LogP contribution in [-0.2, 0) is 4.74 Å². The minimum atomic E-state index is -0.113. The molecular weight excluding hydrogens is 216 g/mol. The van der Waals surface area contributed by atoms with Crippen molar-refractivity contribution in [2.24, 2.45) is 0 Å². The van der Waals surface area contributed by atoms with Gasteiger partial charge in [0.2, 0.25) is 0 Å². The van der Waals surface area contributed by atoms with E-state index < -0.39 is 0 Å². The number of ether oxygens (including phenoxy) is 1. The first kappa shape index (κ1) is 14.0. The summed E-state index contributed by atoms with van der Waals surface area (Å²) in [5.74, 6) is 0. The molecule has 0 spiro atoms. The Hall–Kier alpha value is -1.03. The van der Waals surface area contributed by atoms with Gasteiger partial charge in [-0.1, -0.05) is 12.2 Å². The van der Waals surface area contributed by atoms with Crippen LogP contribution in [0.25, 0.3) is 0 Å². The molecule has 1 aliphatic rings. The van der Waals surface area contributed by atoms with Crippen molar-refractivity contribution in [3.8, 4) is 0 Å². The number of urea groups is 1. The fourth-order valence-corrected chi connectivity index (χ4v) is 2.03.